The van der Waals surface area contributed by atoms with Crippen molar-refractivity contribution in [2.24, 2.45) is 0 Å². The number of hydrogen-bond acceptors (Lipinski definition) is 4. The predicted octanol–water partition coefficient (Wildman–Crippen LogP) is 1.18. The van der Waals surface area contributed by atoms with E-state index in [-0.39, 0.29) is 0 Å². The highest BCUT2D eigenvalue weighted by molar-refractivity contribution is 5.60. The fourth-order valence-electron chi connectivity index (χ4n) is 1.30. The highest BCUT2D eigenvalue weighted by Gasteiger charge is 2.05. The summed E-state index contributed by atoms with van der Waals surface area (Å²) in [6.45, 7) is 1.99. The van der Waals surface area contributed by atoms with Crippen LogP contribution in [-0.4, -0.2) is 27.7 Å². The summed E-state index contributed by atoms with van der Waals surface area (Å²) in [5, 5.41) is 13.6. The lowest BCUT2D eigenvalue weighted by atomic mass is 10.1. The van der Waals surface area contributed by atoms with Crippen LogP contribution in [0.2, 0.25) is 0 Å². The van der Waals surface area contributed by atoms with Gasteiger partial charge in [0.25, 0.3) is 0 Å². The first-order valence-corrected chi connectivity index (χ1v) is 4.20. The number of H-pyrrole nitrogens is 1. The molecule has 0 bridgehead atoms. The van der Waals surface area contributed by atoms with Gasteiger partial charge in [0, 0.05) is 5.56 Å². The summed E-state index contributed by atoms with van der Waals surface area (Å²) in [6, 6.07) is 5.75. The van der Waals surface area contributed by atoms with Crippen LogP contribution in [0, 0.1) is 6.92 Å². The van der Waals surface area contributed by atoms with Crippen LogP contribution < -0.4 is 4.74 Å². The number of aryl methyl sites for hydroxylation is 1. The molecule has 0 aliphatic carbocycles. The minimum atomic E-state index is 0.671. The van der Waals surface area contributed by atoms with E-state index in [0.29, 0.717) is 5.82 Å². The molecule has 1 N–H and O–H groups in total. The second kappa shape index (κ2) is 3.45. The Morgan fingerprint density at radius 2 is 2.21 bits per heavy atom. The first-order chi connectivity index (χ1) is 6.81. The molecule has 14 heavy (non-hydrogen) atoms. The largest absolute Gasteiger partial charge is 0.497 e. The lowest BCUT2D eigenvalue weighted by Crippen LogP contribution is -1.88. The Labute approximate surface area is 81.1 Å². The van der Waals surface area contributed by atoms with Crippen LogP contribution in [0.3, 0.4) is 0 Å². The van der Waals surface area contributed by atoms with Crippen LogP contribution in [0.15, 0.2) is 18.2 Å². The third-order valence-corrected chi connectivity index (χ3v) is 2.03. The van der Waals surface area contributed by atoms with Gasteiger partial charge in [-0.2, -0.15) is 0 Å². The third kappa shape index (κ3) is 1.44. The number of hydrogen-bond donors (Lipinski definition) is 1. The SMILES string of the molecule is COc1ccc(-c2nnn[nH]2)c(C)c1. The number of methoxy groups -OCH3 is 1. The maximum atomic E-state index is 5.11. The first kappa shape index (κ1) is 8.68. The van der Waals surface area contributed by atoms with Crippen LogP contribution in [-0.2, 0) is 0 Å². The van der Waals surface area contributed by atoms with Crippen LogP contribution in [0.1, 0.15) is 5.56 Å². The van der Waals surface area contributed by atoms with E-state index < -0.39 is 0 Å². The van der Waals surface area contributed by atoms with Crippen LogP contribution in [0.5, 0.6) is 5.75 Å². The number of ether oxygens (including phenoxy) is 1. The van der Waals surface area contributed by atoms with Gasteiger partial charge in [-0.25, -0.2) is 5.10 Å². The Kier molecular flexibility index (Phi) is 2.14. The van der Waals surface area contributed by atoms with Crippen molar-refractivity contribution in [3.63, 3.8) is 0 Å². The maximum absolute atomic E-state index is 5.11. The Hall–Kier alpha value is -1.91. The number of nitrogens with zero attached hydrogens (tertiary/aromatic N) is 3. The number of aromatic amines is 1. The quantitative estimate of drug-likeness (QED) is 0.772. The average molecular weight is 190 g/mol. The predicted molar refractivity (Wildman–Crippen MR) is 50.9 cm³/mol. The number of benzene rings is 1. The molecule has 5 nitrogen and oxygen atoms in total. The van der Waals surface area contributed by atoms with Crippen molar-refractivity contribution in [2.45, 2.75) is 6.92 Å². The molecule has 0 fully saturated rings. The second-order valence-corrected chi connectivity index (χ2v) is 2.93. The van der Waals surface area contributed by atoms with Gasteiger partial charge in [0.05, 0.1) is 7.11 Å². The van der Waals surface area contributed by atoms with Crippen LogP contribution in [0.25, 0.3) is 11.4 Å². The molecule has 0 atom stereocenters. The molecule has 1 aromatic heterocycles. The summed E-state index contributed by atoms with van der Waals surface area (Å²) in [4.78, 5) is 0. The molecule has 2 aromatic rings. The molecule has 0 spiro atoms. The fraction of sp³-hybridized carbons (Fsp3) is 0.222. The van der Waals surface area contributed by atoms with Crippen molar-refractivity contribution in [2.75, 3.05) is 7.11 Å². The molecule has 0 radical (unpaired) electrons. The normalized spacial score (nSPS) is 10.1. The Balaban J connectivity index is 2.46. The van der Waals surface area contributed by atoms with Gasteiger partial charge < -0.3 is 4.74 Å². The van der Waals surface area contributed by atoms with Crippen LogP contribution >= 0.6 is 0 Å². The van der Waals surface area contributed by atoms with E-state index in [1.165, 1.54) is 0 Å². The number of rotatable bonds is 2. The van der Waals surface area contributed by atoms with Crippen molar-refractivity contribution < 1.29 is 4.74 Å². The number of nitrogens with one attached hydrogen (secondary N) is 1. The summed E-state index contributed by atoms with van der Waals surface area (Å²) >= 11 is 0. The minimum Gasteiger partial charge on any atom is -0.497 e. The Morgan fingerprint density at radius 3 is 2.79 bits per heavy atom. The molecule has 0 aliphatic heterocycles. The van der Waals surface area contributed by atoms with Gasteiger partial charge >= 0.3 is 0 Å². The van der Waals surface area contributed by atoms with Crippen LogP contribution in [0.4, 0.5) is 0 Å². The molecule has 0 unspecified atom stereocenters. The van der Waals surface area contributed by atoms with Crippen molar-refractivity contribution in [3.8, 4) is 17.1 Å². The van der Waals surface area contributed by atoms with Crippen molar-refractivity contribution in [1.82, 2.24) is 20.6 Å². The molecular formula is C9H10N4O. The lowest BCUT2D eigenvalue weighted by Gasteiger charge is -2.04. The topological polar surface area (TPSA) is 63.7 Å². The molecule has 0 aliphatic rings. The standard InChI is InChI=1S/C9H10N4O/c1-6-5-7(14-2)3-4-8(6)9-10-12-13-11-9/h3-5H,1-2H3,(H,10,11,12,13). The number of tetrazole rings is 1. The van der Waals surface area contributed by atoms with E-state index in [2.05, 4.69) is 20.6 Å². The monoisotopic (exact) mass is 190 g/mol. The maximum Gasteiger partial charge on any atom is 0.179 e. The third-order valence-electron chi connectivity index (χ3n) is 2.03. The molecule has 5 heteroatoms. The first-order valence-electron chi connectivity index (χ1n) is 4.20. The summed E-state index contributed by atoms with van der Waals surface area (Å²) in [5.41, 5.74) is 2.05. The second-order valence-electron chi connectivity index (χ2n) is 2.93. The zero-order chi connectivity index (χ0) is 9.97. The van der Waals surface area contributed by atoms with Gasteiger partial charge in [-0.05, 0) is 41.1 Å². The molecular weight excluding hydrogens is 180 g/mol. The summed E-state index contributed by atoms with van der Waals surface area (Å²) in [5.74, 6) is 1.50. The number of aromatic nitrogens is 4. The minimum absolute atomic E-state index is 0.671. The van der Waals surface area contributed by atoms with Gasteiger partial charge in [0.15, 0.2) is 5.82 Å². The molecule has 2 rings (SSSR count). The van der Waals surface area contributed by atoms with Gasteiger partial charge in [0.2, 0.25) is 0 Å². The Morgan fingerprint density at radius 1 is 1.36 bits per heavy atom. The summed E-state index contributed by atoms with van der Waals surface area (Å²) in [6.07, 6.45) is 0. The summed E-state index contributed by atoms with van der Waals surface area (Å²) in [7, 11) is 1.64. The molecule has 0 saturated carbocycles. The average Bonchev–Trinajstić information content (AvgIpc) is 2.70. The van der Waals surface area contributed by atoms with Gasteiger partial charge in [-0.1, -0.05) is 0 Å². The van der Waals surface area contributed by atoms with Gasteiger partial charge in [-0.3, -0.25) is 0 Å². The molecule has 0 amide bonds. The molecule has 0 saturated heterocycles. The molecule has 1 aromatic carbocycles. The molecule has 72 valence electrons. The summed E-state index contributed by atoms with van der Waals surface area (Å²) < 4.78 is 5.11. The van der Waals surface area contributed by atoms with E-state index in [9.17, 15) is 0 Å². The smallest absolute Gasteiger partial charge is 0.179 e. The van der Waals surface area contributed by atoms with E-state index in [0.717, 1.165) is 16.9 Å². The molecule has 1 heterocycles. The van der Waals surface area contributed by atoms with Crippen molar-refractivity contribution in [1.29, 1.82) is 0 Å². The van der Waals surface area contributed by atoms with Gasteiger partial charge in [0.1, 0.15) is 5.75 Å². The van der Waals surface area contributed by atoms with Crippen molar-refractivity contribution >= 4 is 0 Å². The van der Waals surface area contributed by atoms with Crippen molar-refractivity contribution in [3.05, 3.63) is 23.8 Å². The highest BCUT2D eigenvalue weighted by atomic mass is 16.5. The highest BCUT2D eigenvalue weighted by Crippen LogP contribution is 2.23. The zero-order valence-electron chi connectivity index (χ0n) is 7.98. The van der Waals surface area contributed by atoms with E-state index in [1.807, 2.05) is 25.1 Å². The van der Waals surface area contributed by atoms with E-state index >= 15 is 0 Å². The van der Waals surface area contributed by atoms with E-state index in [4.69, 9.17) is 4.74 Å². The fourth-order valence-corrected chi connectivity index (χ4v) is 1.30. The Bertz CT molecular complexity index is 424. The zero-order valence-corrected chi connectivity index (χ0v) is 7.98. The van der Waals surface area contributed by atoms with Gasteiger partial charge in [-0.15, -0.1) is 5.10 Å². The lowest BCUT2D eigenvalue weighted by molar-refractivity contribution is 0.414. The van der Waals surface area contributed by atoms with E-state index in [1.54, 1.807) is 7.11 Å².